The zero-order chi connectivity index (χ0) is 21.9. The Labute approximate surface area is 185 Å². The molecule has 2 aromatic carbocycles. The fraction of sp³-hybridized carbons (Fsp3) is 0.440. The van der Waals surface area contributed by atoms with Crippen LogP contribution in [0.2, 0.25) is 0 Å². The Balaban J connectivity index is 2.01. The van der Waals surface area contributed by atoms with E-state index < -0.39 is 6.04 Å². The van der Waals surface area contributed by atoms with E-state index in [-0.39, 0.29) is 17.9 Å². The number of amides is 2. The standard InChI is InChI=1S/C25H34N2O2S/c1-5-20(3)26-25(29)21(4)27(16-15-22-12-7-6-8-13-22)24(28)18-30-17-23-14-10-9-11-19(23)2/h6-14,20-21H,5,15-18H2,1-4H3,(H,26,29)/t20-,21-/m0/s1. The normalized spacial score (nSPS) is 12.8. The number of rotatable bonds is 11. The van der Waals surface area contributed by atoms with Crippen molar-refractivity contribution in [2.45, 2.75) is 58.4 Å². The summed E-state index contributed by atoms with van der Waals surface area (Å²) in [6.45, 7) is 8.47. The molecule has 1 N–H and O–H groups in total. The molecular formula is C25H34N2O2S. The van der Waals surface area contributed by atoms with E-state index in [1.807, 2.05) is 51.1 Å². The van der Waals surface area contributed by atoms with E-state index in [0.29, 0.717) is 12.3 Å². The Kier molecular flexibility index (Phi) is 9.95. The Hall–Kier alpha value is -2.27. The van der Waals surface area contributed by atoms with Crippen LogP contribution in [0.5, 0.6) is 0 Å². The van der Waals surface area contributed by atoms with Crippen LogP contribution in [0.25, 0.3) is 0 Å². The minimum atomic E-state index is -0.491. The molecule has 0 aliphatic rings. The Bertz CT molecular complexity index is 810. The van der Waals surface area contributed by atoms with Crippen LogP contribution in [-0.2, 0) is 21.8 Å². The van der Waals surface area contributed by atoms with Crippen molar-refractivity contribution in [1.29, 1.82) is 0 Å². The molecule has 0 aliphatic carbocycles. The lowest BCUT2D eigenvalue weighted by atomic mass is 10.1. The number of thioether (sulfide) groups is 1. The first-order valence-electron chi connectivity index (χ1n) is 10.7. The van der Waals surface area contributed by atoms with Crippen molar-refractivity contribution in [2.24, 2.45) is 0 Å². The summed E-state index contributed by atoms with van der Waals surface area (Å²) in [5.74, 6) is 1.08. The topological polar surface area (TPSA) is 49.4 Å². The molecular weight excluding hydrogens is 392 g/mol. The van der Waals surface area contributed by atoms with Crippen molar-refractivity contribution in [3.05, 3.63) is 71.3 Å². The second kappa shape index (κ2) is 12.4. The first-order chi connectivity index (χ1) is 14.4. The highest BCUT2D eigenvalue weighted by Crippen LogP contribution is 2.17. The summed E-state index contributed by atoms with van der Waals surface area (Å²) in [6, 6.07) is 17.9. The molecule has 2 aromatic rings. The van der Waals surface area contributed by atoms with Gasteiger partial charge in [-0.05, 0) is 50.3 Å². The Morgan fingerprint density at radius 3 is 2.37 bits per heavy atom. The molecule has 0 spiro atoms. The second-order valence-corrected chi connectivity index (χ2v) is 8.72. The predicted molar refractivity (Wildman–Crippen MR) is 127 cm³/mol. The Morgan fingerprint density at radius 2 is 1.70 bits per heavy atom. The van der Waals surface area contributed by atoms with Crippen LogP contribution in [-0.4, -0.2) is 41.1 Å². The highest BCUT2D eigenvalue weighted by atomic mass is 32.2. The number of nitrogens with one attached hydrogen (secondary N) is 1. The quantitative estimate of drug-likeness (QED) is 0.571. The van der Waals surface area contributed by atoms with Gasteiger partial charge in [0, 0.05) is 18.3 Å². The van der Waals surface area contributed by atoms with Gasteiger partial charge < -0.3 is 10.2 Å². The molecule has 0 bridgehead atoms. The van der Waals surface area contributed by atoms with Gasteiger partial charge in [-0.1, -0.05) is 61.5 Å². The monoisotopic (exact) mass is 426 g/mol. The molecule has 4 nitrogen and oxygen atoms in total. The molecule has 0 unspecified atom stereocenters. The maximum absolute atomic E-state index is 13.1. The summed E-state index contributed by atoms with van der Waals surface area (Å²) in [4.78, 5) is 27.5. The molecule has 30 heavy (non-hydrogen) atoms. The van der Waals surface area contributed by atoms with E-state index in [4.69, 9.17) is 0 Å². The van der Waals surface area contributed by atoms with E-state index >= 15 is 0 Å². The predicted octanol–water partition coefficient (Wildman–Crippen LogP) is 4.60. The van der Waals surface area contributed by atoms with Crippen molar-refractivity contribution in [3.8, 4) is 0 Å². The van der Waals surface area contributed by atoms with Crippen LogP contribution in [0, 0.1) is 6.92 Å². The lowest BCUT2D eigenvalue weighted by Gasteiger charge is -2.29. The van der Waals surface area contributed by atoms with Crippen LogP contribution in [0.4, 0.5) is 0 Å². The number of benzene rings is 2. The average molecular weight is 427 g/mol. The van der Waals surface area contributed by atoms with Gasteiger partial charge in [0.15, 0.2) is 0 Å². The number of aryl methyl sites for hydroxylation is 1. The van der Waals surface area contributed by atoms with Crippen LogP contribution in [0.1, 0.15) is 43.9 Å². The van der Waals surface area contributed by atoms with Crippen molar-refractivity contribution < 1.29 is 9.59 Å². The fourth-order valence-electron chi connectivity index (χ4n) is 3.14. The SMILES string of the molecule is CC[C@H](C)NC(=O)[C@H](C)N(CCc1ccccc1)C(=O)CSCc1ccccc1C. The third kappa shape index (κ3) is 7.52. The Morgan fingerprint density at radius 1 is 1.03 bits per heavy atom. The van der Waals surface area contributed by atoms with Crippen LogP contribution in [0.15, 0.2) is 54.6 Å². The summed E-state index contributed by atoms with van der Waals surface area (Å²) in [5, 5.41) is 3.01. The van der Waals surface area contributed by atoms with Gasteiger partial charge >= 0.3 is 0 Å². The van der Waals surface area contributed by atoms with Gasteiger partial charge in [-0.15, -0.1) is 11.8 Å². The van der Waals surface area contributed by atoms with Gasteiger partial charge in [-0.25, -0.2) is 0 Å². The van der Waals surface area contributed by atoms with Gasteiger partial charge in [0.2, 0.25) is 11.8 Å². The highest BCUT2D eigenvalue weighted by Gasteiger charge is 2.26. The fourth-order valence-corrected chi connectivity index (χ4v) is 4.13. The molecule has 2 atom stereocenters. The molecule has 0 saturated carbocycles. The maximum Gasteiger partial charge on any atom is 0.242 e. The van der Waals surface area contributed by atoms with Gasteiger partial charge in [-0.3, -0.25) is 9.59 Å². The smallest absolute Gasteiger partial charge is 0.242 e. The van der Waals surface area contributed by atoms with Gasteiger partial charge in [-0.2, -0.15) is 0 Å². The highest BCUT2D eigenvalue weighted by molar-refractivity contribution is 7.99. The van der Waals surface area contributed by atoms with Crippen molar-refractivity contribution in [3.63, 3.8) is 0 Å². The van der Waals surface area contributed by atoms with Crippen LogP contribution < -0.4 is 5.32 Å². The van der Waals surface area contributed by atoms with Gasteiger partial charge in [0.25, 0.3) is 0 Å². The summed E-state index contributed by atoms with van der Waals surface area (Å²) < 4.78 is 0. The van der Waals surface area contributed by atoms with E-state index in [1.54, 1.807) is 16.7 Å². The number of hydrogen-bond acceptors (Lipinski definition) is 3. The molecule has 0 heterocycles. The van der Waals surface area contributed by atoms with E-state index in [2.05, 4.69) is 36.5 Å². The zero-order valence-electron chi connectivity index (χ0n) is 18.6. The second-order valence-electron chi connectivity index (χ2n) is 7.74. The molecule has 162 valence electrons. The third-order valence-electron chi connectivity index (χ3n) is 5.40. The largest absolute Gasteiger partial charge is 0.352 e. The molecule has 0 aliphatic heterocycles. The van der Waals surface area contributed by atoms with E-state index in [1.165, 1.54) is 11.1 Å². The minimum Gasteiger partial charge on any atom is -0.352 e. The van der Waals surface area contributed by atoms with Crippen molar-refractivity contribution in [1.82, 2.24) is 10.2 Å². The van der Waals surface area contributed by atoms with Crippen LogP contribution in [0.3, 0.4) is 0 Å². The van der Waals surface area contributed by atoms with Crippen molar-refractivity contribution in [2.75, 3.05) is 12.3 Å². The zero-order valence-corrected chi connectivity index (χ0v) is 19.4. The summed E-state index contributed by atoms with van der Waals surface area (Å²) in [7, 11) is 0. The van der Waals surface area contributed by atoms with Gasteiger partial charge in [0.1, 0.15) is 6.04 Å². The first kappa shape index (κ1) is 24.0. The molecule has 5 heteroatoms. The molecule has 2 rings (SSSR count). The first-order valence-corrected chi connectivity index (χ1v) is 11.8. The molecule has 0 saturated heterocycles. The maximum atomic E-state index is 13.1. The van der Waals surface area contributed by atoms with E-state index in [0.717, 1.165) is 24.2 Å². The van der Waals surface area contributed by atoms with Crippen LogP contribution >= 0.6 is 11.8 Å². The number of hydrogen-bond donors (Lipinski definition) is 1. The molecule has 0 fully saturated rings. The van der Waals surface area contributed by atoms with Crippen molar-refractivity contribution >= 4 is 23.6 Å². The lowest BCUT2D eigenvalue weighted by molar-refractivity contribution is -0.138. The lowest BCUT2D eigenvalue weighted by Crippen LogP contribution is -2.51. The third-order valence-corrected chi connectivity index (χ3v) is 6.36. The average Bonchev–Trinajstić information content (AvgIpc) is 2.75. The summed E-state index contributed by atoms with van der Waals surface area (Å²) in [6.07, 6.45) is 1.60. The summed E-state index contributed by atoms with van der Waals surface area (Å²) in [5.41, 5.74) is 3.64. The number of carbonyl (C=O) groups is 2. The molecule has 0 radical (unpaired) electrons. The summed E-state index contributed by atoms with van der Waals surface area (Å²) >= 11 is 1.60. The number of carbonyl (C=O) groups excluding carboxylic acids is 2. The number of nitrogens with zero attached hydrogens (tertiary/aromatic N) is 1. The molecule has 2 amide bonds. The molecule has 0 aromatic heterocycles. The minimum absolute atomic E-state index is 0.0105. The van der Waals surface area contributed by atoms with Gasteiger partial charge in [0.05, 0.1) is 5.75 Å². The van der Waals surface area contributed by atoms with E-state index in [9.17, 15) is 9.59 Å².